The summed E-state index contributed by atoms with van der Waals surface area (Å²) in [6, 6.07) is 4.02. The number of rotatable bonds is 5. The van der Waals surface area contributed by atoms with Gasteiger partial charge in [-0.15, -0.1) is 0 Å². The van der Waals surface area contributed by atoms with Crippen molar-refractivity contribution in [1.29, 1.82) is 0 Å². The van der Waals surface area contributed by atoms with Crippen molar-refractivity contribution in [2.24, 2.45) is 0 Å². The summed E-state index contributed by atoms with van der Waals surface area (Å²) in [5, 5.41) is 7.22. The normalized spacial score (nSPS) is 16.7. The molecule has 0 amide bonds. The number of nitrogens with one attached hydrogen (secondary N) is 2. The highest BCUT2D eigenvalue weighted by Crippen LogP contribution is 2.32. The van der Waals surface area contributed by atoms with E-state index in [1.807, 2.05) is 18.3 Å². The molecule has 2 aliphatic rings. The quantitative estimate of drug-likeness (QED) is 0.575. The third-order valence-electron chi connectivity index (χ3n) is 6.69. The van der Waals surface area contributed by atoms with Crippen LogP contribution in [0.2, 0.25) is 0 Å². The first kappa shape index (κ1) is 21.5. The Hall–Kier alpha value is -3.39. The molecule has 1 aliphatic heterocycles. The number of nitrogens with zero attached hydrogens (tertiary/aromatic N) is 4. The summed E-state index contributed by atoms with van der Waals surface area (Å²) < 4.78 is 1.72. The second-order valence-electron chi connectivity index (χ2n) is 8.84. The van der Waals surface area contributed by atoms with Crippen molar-refractivity contribution in [2.75, 3.05) is 18.4 Å². The first-order valence-corrected chi connectivity index (χ1v) is 11.6. The zero-order chi connectivity index (χ0) is 22.9. The summed E-state index contributed by atoms with van der Waals surface area (Å²) in [7, 11) is 0. The van der Waals surface area contributed by atoms with E-state index in [9.17, 15) is 9.59 Å². The van der Waals surface area contributed by atoms with Gasteiger partial charge in [0.25, 0.3) is 5.56 Å². The van der Waals surface area contributed by atoms with Gasteiger partial charge in [-0.2, -0.15) is 4.98 Å². The molecule has 0 spiro atoms. The number of hydrogen-bond donors (Lipinski definition) is 2. The summed E-state index contributed by atoms with van der Waals surface area (Å²) in [6.45, 7) is 5.10. The molecule has 8 heteroatoms. The van der Waals surface area contributed by atoms with E-state index in [0.29, 0.717) is 23.0 Å². The molecule has 1 fully saturated rings. The van der Waals surface area contributed by atoms with Crippen LogP contribution in [-0.4, -0.2) is 38.4 Å². The minimum absolute atomic E-state index is 0.0529. The van der Waals surface area contributed by atoms with E-state index >= 15 is 0 Å². The first-order valence-electron chi connectivity index (χ1n) is 11.6. The van der Waals surface area contributed by atoms with Crippen LogP contribution in [0.3, 0.4) is 0 Å². The lowest BCUT2D eigenvalue weighted by atomic mass is 10.0. The Kier molecular flexibility index (Phi) is 5.76. The van der Waals surface area contributed by atoms with E-state index in [0.717, 1.165) is 56.1 Å². The van der Waals surface area contributed by atoms with Crippen molar-refractivity contribution < 1.29 is 4.79 Å². The van der Waals surface area contributed by atoms with Crippen molar-refractivity contribution in [3.63, 3.8) is 0 Å². The summed E-state index contributed by atoms with van der Waals surface area (Å²) in [4.78, 5) is 39.3. The maximum Gasteiger partial charge on any atom is 0.263 e. The van der Waals surface area contributed by atoms with Crippen molar-refractivity contribution in [1.82, 2.24) is 24.8 Å². The molecule has 4 heterocycles. The van der Waals surface area contributed by atoms with Gasteiger partial charge in [0.15, 0.2) is 5.78 Å². The van der Waals surface area contributed by atoms with Gasteiger partial charge in [0, 0.05) is 30.4 Å². The average molecular weight is 445 g/mol. The maximum absolute atomic E-state index is 13.3. The summed E-state index contributed by atoms with van der Waals surface area (Å²) in [5.41, 5.74) is 3.62. The molecule has 5 rings (SSSR count). The molecule has 170 valence electrons. The molecule has 3 aromatic rings. The molecule has 3 aromatic heterocycles. The fraction of sp³-hybridized carbons (Fsp3) is 0.400. The maximum atomic E-state index is 13.3. The molecule has 2 N–H and O–H groups in total. The molecule has 1 saturated carbocycles. The smallest absolute Gasteiger partial charge is 0.263 e. The van der Waals surface area contributed by atoms with Gasteiger partial charge < -0.3 is 10.6 Å². The molecular weight excluding hydrogens is 416 g/mol. The number of fused-ring (bicyclic) bond motifs is 1. The fourth-order valence-corrected chi connectivity index (χ4v) is 4.97. The zero-order valence-corrected chi connectivity index (χ0v) is 19.0. The van der Waals surface area contributed by atoms with Crippen LogP contribution < -0.4 is 16.2 Å². The largest absolute Gasteiger partial charge is 0.313 e. The van der Waals surface area contributed by atoms with Gasteiger partial charge in [0.1, 0.15) is 11.5 Å². The van der Waals surface area contributed by atoms with E-state index in [2.05, 4.69) is 26.7 Å². The highest BCUT2D eigenvalue weighted by Gasteiger charge is 2.25. The molecule has 0 bridgehead atoms. The second kappa shape index (κ2) is 8.86. The van der Waals surface area contributed by atoms with Crippen molar-refractivity contribution in [3.05, 3.63) is 57.6 Å². The van der Waals surface area contributed by atoms with Crippen LogP contribution in [0.1, 0.15) is 66.6 Å². The number of aromatic nitrogens is 4. The number of aryl methyl sites for hydroxylation is 1. The molecule has 0 unspecified atom stereocenters. The summed E-state index contributed by atoms with van der Waals surface area (Å²) in [6.07, 6.45) is 10.7. The average Bonchev–Trinajstić information content (AvgIpc) is 3.34. The SMILES string of the molecule is CC(=O)c1c(C)c2cnc(Nc3ccc(C4=CCNCC4)cn3)nc2n(C2CCCC2)c1=O. The predicted molar refractivity (Wildman–Crippen MR) is 129 cm³/mol. The lowest BCUT2D eigenvalue weighted by Gasteiger charge is -2.19. The van der Waals surface area contributed by atoms with Crippen LogP contribution >= 0.6 is 0 Å². The third-order valence-corrected chi connectivity index (χ3v) is 6.69. The molecule has 1 aliphatic carbocycles. The van der Waals surface area contributed by atoms with Crippen LogP contribution in [0.25, 0.3) is 16.6 Å². The minimum atomic E-state index is -0.248. The minimum Gasteiger partial charge on any atom is -0.313 e. The van der Waals surface area contributed by atoms with E-state index in [1.165, 1.54) is 12.5 Å². The highest BCUT2D eigenvalue weighted by atomic mass is 16.1. The summed E-state index contributed by atoms with van der Waals surface area (Å²) in [5.74, 6) is 0.797. The van der Waals surface area contributed by atoms with Gasteiger partial charge in [-0.05, 0) is 68.5 Å². The first-order chi connectivity index (χ1) is 16.0. The lowest BCUT2D eigenvalue weighted by Crippen LogP contribution is -2.30. The van der Waals surface area contributed by atoms with Crippen LogP contribution in [0.5, 0.6) is 0 Å². The van der Waals surface area contributed by atoms with E-state index in [-0.39, 0.29) is 22.9 Å². The van der Waals surface area contributed by atoms with E-state index in [4.69, 9.17) is 4.98 Å². The Bertz CT molecular complexity index is 1300. The molecule has 8 nitrogen and oxygen atoms in total. The standard InChI is InChI=1S/C25H28N6O2/c1-15-20-14-28-25(29-21-8-7-18(13-27-21)17-9-11-26-12-10-17)30-23(20)31(19-5-3-4-6-19)24(33)22(15)16(2)32/h7-9,13-14,19,26H,3-6,10-12H2,1-2H3,(H,27,28,29,30). The summed E-state index contributed by atoms with van der Waals surface area (Å²) >= 11 is 0. The molecule has 0 radical (unpaired) electrons. The van der Waals surface area contributed by atoms with Gasteiger partial charge in [-0.3, -0.25) is 14.2 Å². The number of pyridine rings is 2. The number of ketones is 1. The van der Waals surface area contributed by atoms with Gasteiger partial charge in [-0.1, -0.05) is 18.9 Å². The van der Waals surface area contributed by atoms with E-state index < -0.39 is 0 Å². The van der Waals surface area contributed by atoms with E-state index in [1.54, 1.807) is 17.7 Å². The number of Topliss-reactive ketones (excluding diaryl/α,β-unsaturated/α-hetero) is 1. The van der Waals surface area contributed by atoms with Crippen LogP contribution in [0.15, 0.2) is 35.4 Å². The number of anilines is 2. The third kappa shape index (κ3) is 4.06. The van der Waals surface area contributed by atoms with Crippen LogP contribution in [-0.2, 0) is 0 Å². The molecule has 0 aromatic carbocycles. The number of carbonyl (C=O) groups is 1. The van der Waals surface area contributed by atoms with Gasteiger partial charge in [-0.25, -0.2) is 9.97 Å². The van der Waals surface area contributed by atoms with Crippen molar-refractivity contribution in [3.8, 4) is 0 Å². The molecule has 33 heavy (non-hydrogen) atoms. The second-order valence-corrected chi connectivity index (χ2v) is 8.84. The Morgan fingerprint density at radius 1 is 1.18 bits per heavy atom. The zero-order valence-electron chi connectivity index (χ0n) is 19.0. The topological polar surface area (TPSA) is 102 Å². The molecule has 0 saturated heterocycles. The molecular formula is C25H28N6O2. The number of hydrogen-bond acceptors (Lipinski definition) is 7. The van der Waals surface area contributed by atoms with Gasteiger partial charge in [0.2, 0.25) is 5.95 Å². The lowest BCUT2D eigenvalue weighted by molar-refractivity contribution is 0.101. The Labute approximate surface area is 192 Å². The van der Waals surface area contributed by atoms with Crippen LogP contribution in [0, 0.1) is 6.92 Å². The van der Waals surface area contributed by atoms with Crippen molar-refractivity contribution >= 4 is 34.2 Å². The highest BCUT2D eigenvalue weighted by molar-refractivity contribution is 5.99. The number of carbonyl (C=O) groups excluding carboxylic acids is 1. The fourth-order valence-electron chi connectivity index (χ4n) is 4.97. The predicted octanol–water partition coefficient (Wildman–Crippen LogP) is 3.93. The Morgan fingerprint density at radius 3 is 2.67 bits per heavy atom. The van der Waals surface area contributed by atoms with Gasteiger partial charge in [0.05, 0.1) is 5.56 Å². The van der Waals surface area contributed by atoms with Crippen LogP contribution in [0.4, 0.5) is 11.8 Å². The van der Waals surface area contributed by atoms with Gasteiger partial charge >= 0.3 is 0 Å². The Morgan fingerprint density at radius 2 is 2.00 bits per heavy atom. The monoisotopic (exact) mass is 444 g/mol. The molecule has 0 atom stereocenters. The Balaban J connectivity index is 1.53. The van der Waals surface area contributed by atoms with Crippen molar-refractivity contribution in [2.45, 2.75) is 52.0 Å².